The van der Waals surface area contributed by atoms with E-state index in [1.165, 1.54) is 0 Å². The SMILES string of the molecule is CN(C)c1cc(=S)c1=O. The van der Waals surface area contributed by atoms with E-state index in [1.54, 1.807) is 11.0 Å². The molecule has 9 heavy (non-hydrogen) atoms. The van der Waals surface area contributed by atoms with Gasteiger partial charge in [-0.1, -0.05) is 12.2 Å². The summed E-state index contributed by atoms with van der Waals surface area (Å²) in [7, 11) is 3.65. The average Bonchev–Trinajstić information content (AvgIpc) is 1.81. The standard InChI is InChI=1S/C6H7NOS/c1-7(2)4-3-5(9)6(4)8/h3H,1-2H3. The lowest BCUT2D eigenvalue weighted by atomic mass is 10.2. The lowest BCUT2D eigenvalue weighted by Gasteiger charge is -2.11. The fraction of sp³-hybridized carbons (Fsp3) is 0.333. The Hall–Kier alpha value is -0.700. The van der Waals surface area contributed by atoms with Crippen LogP contribution in [0.5, 0.6) is 0 Å². The monoisotopic (exact) mass is 141 g/mol. The Morgan fingerprint density at radius 2 is 2.11 bits per heavy atom. The van der Waals surface area contributed by atoms with Crippen molar-refractivity contribution < 1.29 is 0 Å². The molecule has 0 radical (unpaired) electrons. The molecule has 0 amide bonds. The fourth-order valence-electron chi connectivity index (χ4n) is 0.636. The van der Waals surface area contributed by atoms with Gasteiger partial charge in [-0.25, -0.2) is 0 Å². The van der Waals surface area contributed by atoms with Crippen LogP contribution in [0, 0.1) is 4.51 Å². The van der Waals surface area contributed by atoms with Crippen LogP contribution in [0.15, 0.2) is 10.9 Å². The Bertz CT molecular complexity index is 283. The van der Waals surface area contributed by atoms with Gasteiger partial charge in [0.15, 0.2) is 0 Å². The third kappa shape index (κ3) is 0.876. The first kappa shape index (κ1) is 6.42. The minimum atomic E-state index is -0.00463. The first-order valence-corrected chi connectivity index (χ1v) is 3.01. The fourth-order valence-corrected chi connectivity index (χ4v) is 0.852. The van der Waals surface area contributed by atoms with Gasteiger partial charge in [-0.15, -0.1) is 0 Å². The zero-order chi connectivity index (χ0) is 7.02. The summed E-state index contributed by atoms with van der Waals surface area (Å²) in [6, 6.07) is 1.71. The van der Waals surface area contributed by atoms with E-state index < -0.39 is 0 Å². The van der Waals surface area contributed by atoms with Crippen LogP contribution in [0.4, 0.5) is 5.69 Å². The Kier molecular flexibility index (Phi) is 1.37. The van der Waals surface area contributed by atoms with Crippen LogP contribution in [0.3, 0.4) is 0 Å². The predicted molar refractivity (Wildman–Crippen MR) is 40.2 cm³/mol. The molecule has 0 heterocycles. The molecule has 0 aliphatic carbocycles. The molecule has 0 bridgehead atoms. The molecule has 0 saturated carbocycles. The first-order valence-electron chi connectivity index (χ1n) is 2.60. The third-order valence-corrected chi connectivity index (χ3v) is 1.51. The van der Waals surface area contributed by atoms with Gasteiger partial charge in [0.05, 0.1) is 10.2 Å². The summed E-state index contributed by atoms with van der Waals surface area (Å²) in [5.74, 6) is 0. The van der Waals surface area contributed by atoms with Crippen molar-refractivity contribution in [2.24, 2.45) is 0 Å². The Morgan fingerprint density at radius 1 is 1.56 bits per heavy atom. The molecule has 0 spiro atoms. The molecule has 1 rings (SSSR count). The Labute approximate surface area is 58.4 Å². The van der Waals surface area contributed by atoms with Crippen LogP contribution in [0.2, 0.25) is 0 Å². The van der Waals surface area contributed by atoms with Crippen molar-refractivity contribution in [3.63, 3.8) is 0 Å². The van der Waals surface area contributed by atoms with Gasteiger partial charge in [0.2, 0.25) is 5.43 Å². The van der Waals surface area contributed by atoms with Crippen molar-refractivity contribution in [3.8, 4) is 0 Å². The van der Waals surface area contributed by atoms with Gasteiger partial charge >= 0.3 is 0 Å². The summed E-state index contributed by atoms with van der Waals surface area (Å²) >= 11 is 4.65. The molecule has 0 saturated heterocycles. The first-order chi connectivity index (χ1) is 4.13. The molecule has 0 aromatic heterocycles. The van der Waals surface area contributed by atoms with E-state index in [0.29, 0.717) is 10.2 Å². The molecule has 1 aromatic carbocycles. The van der Waals surface area contributed by atoms with Gasteiger partial charge in [0.1, 0.15) is 0 Å². The topological polar surface area (TPSA) is 20.3 Å². The molecule has 0 atom stereocenters. The molecule has 0 aliphatic heterocycles. The second kappa shape index (κ2) is 1.92. The van der Waals surface area contributed by atoms with Crippen molar-refractivity contribution in [1.29, 1.82) is 0 Å². The molecule has 0 fully saturated rings. The predicted octanol–water partition coefficient (Wildman–Crippen LogP) is 0.718. The molecule has 0 N–H and O–H groups in total. The Balaban J connectivity index is 3.06. The van der Waals surface area contributed by atoms with Gasteiger partial charge in [-0.2, -0.15) is 0 Å². The zero-order valence-electron chi connectivity index (χ0n) is 5.34. The highest BCUT2D eigenvalue weighted by molar-refractivity contribution is 7.71. The molecule has 0 unspecified atom stereocenters. The highest BCUT2D eigenvalue weighted by Gasteiger charge is 2.06. The van der Waals surface area contributed by atoms with Gasteiger partial charge in [-0.3, -0.25) is 4.79 Å². The molecular formula is C6H7NOS. The van der Waals surface area contributed by atoms with Crippen LogP contribution in [0.25, 0.3) is 0 Å². The summed E-state index contributed by atoms with van der Waals surface area (Å²) in [5, 5.41) is 0. The molecular weight excluding hydrogens is 134 g/mol. The van der Waals surface area contributed by atoms with Gasteiger partial charge < -0.3 is 4.90 Å². The smallest absolute Gasteiger partial charge is 0.219 e. The van der Waals surface area contributed by atoms with Crippen LogP contribution in [0.1, 0.15) is 0 Å². The number of rotatable bonds is 1. The number of hydrogen-bond donors (Lipinski definition) is 0. The molecule has 1 aromatic rings. The summed E-state index contributed by atoms with van der Waals surface area (Å²) in [6.45, 7) is 0. The van der Waals surface area contributed by atoms with E-state index in [9.17, 15) is 4.79 Å². The van der Waals surface area contributed by atoms with E-state index in [1.807, 2.05) is 14.1 Å². The van der Waals surface area contributed by atoms with E-state index in [2.05, 4.69) is 12.2 Å². The Morgan fingerprint density at radius 3 is 2.22 bits per heavy atom. The number of anilines is 1. The van der Waals surface area contributed by atoms with Crippen molar-refractivity contribution >= 4 is 17.9 Å². The summed E-state index contributed by atoms with van der Waals surface area (Å²) in [6.07, 6.45) is 0. The van der Waals surface area contributed by atoms with Crippen molar-refractivity contribution in [2.45, 2.75) is 0 Å². The van der Waals surface area contributed by atoms with Crippen LogP contribution in [-0.4, -0.2) is 14.1 Å². The lowest BCUT2D eigenvalue weighted by molar-refractivity contribution is 1.10. The van der Waals surface area contributed by atoms with Gasteiger partial charge in [0.25, 0.3) is 0 Å². The van der Waals surface area contributed by atoms with E-state index in [-0.39, 0.29) is 5.43 Å². The van der Waals surface area contributed by atoms with Gasteiger partial charge in [0, 0.05) is 14.1 Å². The largest absolute Gasteiger partial charge is 0.374 e. The van der Waals surface area contributed by atoms with Crippen LogP contribution >= 0.6 is 12.2 Å². The maximum Gasteiger partial charge on any atom is 0.219 e. The maximum atomic E-state index is 10.8. The van der Waals surface area contributed by atoms with Crippen molar-refractivity contribution in [3.05, 3.63) is 20.8 Å². The van der Waals surface area contributed by atoms with E-state index in [4.69, 9.17) is 0 Å². The average molecular weight is 141 g/mol. The zero-order valence-corrected chi connectivity index (χ0v) is 6.16. The summed E-state index contributed by atoms with van der Waals surface area (Å²) in [4.78, 5) is 12.5. The van der Waals surface area contributed by atoms with Crippen LogP contribution < -0.4 is 10.3 Å². The van der Waals surface area contributed by atoms with Crippen LogP contribution in [-0.2, 0) is 0 Å². The quantitative estimate of drug-likeness (QED) is 0.537. The lowest BCUT2D eigenvalue weighted by Crippen LogP contribution is -2.22. The van der Waals surface area contributed by atoms with E-state index in [0.717, 1.165) is 0 Å². The third-order valence-electron chi connectivity index (χ3n) is 1.21. The minimum Gasteiger partial charge on any atom is -0.374 e. The summed E-state index contributed by atoms with van der Waals surface area (Å²) in [5.41, 5.74) is 0.704. The highest BCUT2D eigenvalue weighted by Crippen LogP contribution is 2.06. The molecule has 0 aliphatic rings. The van der Waals surface area contributed by atoms with Gasteiger partial charge in [-0.05, 0) is 6.07 Å². The van der Waals surface area contributed by atoms with E-state index >= 15 is 0 Å². The second-order valence-corrected chi connectivity index (χ2v) is 2.56. The maximum absolute atomic E-state index is 10.8. The molecule has 3 heteroatoms. The minimum absolute atomic E-state index is 0.00463. The molecule has 48 valence electrons. The number of hydrogen-bond acceptors (Lipinski definition) is 3. The second-order valence-electron chi connectivity index (χ2n) is 2.12. The van der Waals surface area contributed by atoms with Crippen molar-refractivity contribution in [1.82, 2.24) is 0 Å². The normalized spacial score (nSPS) is 10.0. The highest BCUT2D eigenvalue weighted by atomic mass is 32.1. The summed E-state index contributed by atoms with van der Waals surface area (Å²) < 4.78 is 0.443. The molecule has 2 nitrogen and oxygen atoms in total. The number of nitrogens with zero attached hydrogens (tertiary/aromatic N) is 1. The van der Waals surface area contributed by atoms with Crippen molar-refractivity contribution in [2.75, 3.05) is 19.0 Å².